The predicted octanol–water partition coefficient (Wildman–Crippen LogP) is 3.37. The highest BCUT2D eigenvalue weighted by Crippen LogP contribution is 2.29. The number of benzene rings is 1. The van der Waals surface area contributed by atoms with Gasteiger partial charge in [-0.25, -0.2) is 13.8 Å². The van der Waals surface area contributed by atoms with Crippen LogP contribution in [0.5, 0.6) is 0 Å². The van der Waals surface area contributed by atoms with Gasteiger partial charge in [0.2, 0.25) is 0 Å². The topological polar surface area (TPSA) is 38.9 Å². The molecule has 2 nitrogen and oxygen atoms in total. The molecule has 0 fully saturated rings. The zero-order chi connectivity index (χ0) is 11.7. The predicted molar refractivity (Wildman–Crippen MR) is 61.7 cm³/mol. The van der Waals surface area contributed by atoms with Crippen LogP contribution in [-0.4, -0.2) is 4.98 Å². The number of nitrogen functional groups attached to an aromatic ring is 1. The number of halogens is 3. The number of aromatic nitrogens is 1. The van der Waals surface area contributed by atoms with Crippen molar-refractivity contribution < 1.29 is 8.78 Å². The van der Waals surface area contributed by atoms with Gasteiger partial charge in [0, 0.05) is 11.8 Å². The fourth-order valence-corrected chi connectivity index (χ4v) is 1.59. The van der Waals surface area contributed by atoms with E-state index in [0.29, 0.717) is 10.2 Å². The van der Waals surface area contributed by atoms with Crippen LogP contribution in [0.25, 0.3) is 11.1 Å². The van der Waals surface area contributed by atoms with E-state index in [0.717, 1.165) is 6.07 Å². The summed E-state index contributed by atoms with van der Waals surface area (Å²) < 4.78 is 27.7. The molecule has 0 amide bonds. The van der Waals surface area contributed by atoms with Gasteiger partial charge in [0.25, 0.3) is 0 Å². The molecule has 0 spiro atoms. The lowest BCUT2D eigenvalue weighted by Gasteiger charge is -2.06. The third-order valence-electron chi connectivity index (χ3n) is 2.14. The molecule has 0 radical (unpaired) electrons. The van der Waals surface area contributed by atoms with Crippen molar-refractivity contribution in [3.8, 4) is 11.1 Å². The quantitative estimate of drug-likeness (QED) is 0.644. The first-order valence-corrected chi connectivity index (χ1v) is 5.24. The Hall–Kier alpha value is -1.49. The van der Waals surface area contributed by atoms with Crippen molar-refractivity contribution >= 4 is 21.6 Å². The molecule has 0 aliphatic carbocycles. The number of rotatable bonds is 1. The Morgan fingerprint density at radius 2 is 1.88 bits per heavy atom. The molecule has 0 unspecified atom stereocenters. The number of nitrogens with zero attached hydrogens (tertiary/aromatic N) is 1. The molecule has 0 aliphatic heterocycles. The monoisotopic (exact) mass is 284 g/mol. The van der Waals surface area contributed by atoms with Crippen LogP contribution in [0.3, 0.4) is 0 Å². The number of nitrogens with two attached hydrogens (primary N) is 1. The van der Waals surface area contributed by atoms with E-state index in [1.54, 1.807) is 12.1 Å². The van der Waals surface area contributed by atoms with E-state index < -0.39 is 11.6 Å². The smallest absolute Gasteiger partial charge is 0.156 e. The average molecular weight is 285 g/mol. The second-order valence-electron chi connectivity index (χ2n) is 3.20. The number of hydrogen-bond donors (Lipinski definition) is 1. The summed E-state index contributed by atoms with van der Waals surface area (Å²) in [6, 6.07) is 5.51. The highest BCUT2D eigenvalue weighted by atomic mass is 79.9. The Morgan fingerprint density at radius 1 is 1.12 bits per heavy atom. The summed E-state index contributed by atoms with van der Waals surface area (Å²) in [6.07, 6.45) is 1.38. The fraction of sp³-hybridized carbons (Fsp3) is 0. The van der Waals surface area contributed by atoms with Crippen molar-refractivity contribution in [1.82, 2.24) is 4.98 Å². The van der Waals surface area contributed by atoms with E-state index in [1.165, 1.54) is 12.3 Å². The van der Waals surface area contributed by atoms with Gasteiger partial charge in [-0.1, -0.05) is 0 Å². The van der Waals surface area contributed by atoms with Crippen molar-refractivity contribution in [2.24, 2.45) is 0 Å². The van der Waals surface area contributed by atoms with Gasteiger partial charge >= 0.3 is 0 Å². The normalized spacial score (nSPS) is 10.4. The van der Waals surface area contributed by atoms with E-state index in [1.807, 2.05) is 0 Å². The lowest BCUT2D eigenvalue weighted by atomic mass is 10.1. The van der Waals surface area contributed by atoms with Gasteiger partial charge in [0.1, 0.15) is 10.4 Å². The molecular formula is C11H7BrF2N2. The van der Waals surface area contributed by atoms with Crippen LogP contribution in [-0.2, 0) is 0 Å². The molecule has 0 bridgehead atoms. The molecule has 0 saturated carbocycles. The minimum absolute atomic E-state index is 0.0840. The minimum atomic E-state index is -0.760. The van der Waals surface area contributed by atoms with Crippen LogP contribution in [0.15, 0.2) is 35.1 Å². The van der Waals surface area contributed by atoms with Gasteiger partial charge in [0.15, 0.2) is 5.82 Å². The number of anilines is 1. The average Bonchev–Trinajstić information content (AvgIpc) is 2.27. The van der Waals surface area contributed by atoms with Gasteiger partial charge in [-0.3, -0.25) is 0 Å². The second kappa shape index (κ2) is 4.17. The van der Waals surface area contributed by atoms with Gasteiger partial charge in [-0.05, 0) is 40.2 Å². The first-order chi connectivity index (χ1) is 7.59. The maximum Gasteiger partial charge on any atom is 0.156 e. The van der Waals surface area contributed by atoms with Crippen LogP contribution in [0.2, 0.25) is 0 Å². The summed E-state index contributed by atoms with van der Waals surface area (Å²) >= 11 is 3.15. The molecule has 16 heavy (non-hydrogen) atoms. The second-order valence-corrected chi connectivity index (χ2v) is 4.01. The van der Waals surface area contributed by atoms with Crippen LogP contribution in [0.1, 0.15) is 0 Å². The highest BCUT2D eigenvalue weighted by molar-refractivity contribution is 9.10. The van der Waals surface area contributed by atoms with Crippen LogP contribution in [0.4, 0.5) is 14.5 Å². The van der Waals surface area contributed by atoms with Crippen molar-refractivity contribution in [3.05, 3.63) is 46.7 Å². The Labute approximate surface area is 99.2 Å². The standard InChI is InChI=1S/C11H7BrF2N2/c12-9-4-1-6(5-16-9)10-7(13)2-3-8(15)11(10)14/h1-5H,15H2. The molecule has 1 aromatic heterocycles. The minimum Gasteiger partial charge on any atom is -0.396 e. The maximum absolute atomic E-state index is 13.6. The Bertz CT molecular complexity index is 526. The third kappa shape index (κ3) is 1.90. The summed E-state index contributed by atoms with van der Waals surface area (Å²) in [4.78, 5) is 3.91. The summed E-state index contributed by atoms with van der Waals surface area (Å²) in [6.45, 7) is 0. The molecule has 5 heteroatoms. The molecule has 0 aliphatic rings. The fourth-order valence-electron chi connectivity index (χ4n) is 1.36. The van der Waals surface area contributed by atoms with Gasteiger partial charge in [-0.2, -0.15) is 0 Å². The summed E-state index contributed by atoms with van der Waals surface area (Å²) in [5.74, 6) is -1.42. The summed E-state index contributed by atoms with van der Waals surface area (Å²) in [7, 11) is 0. The highest BCUT2D eigenvalue weighted by Gasteiger charge is 2.14. The zero-order valence-electron chi connectivity index (χ0n) is 8.05. The summed E-state index contributed by atoms with van der Waals surface area (Å²) in [5.41, 5.74) is 5.50. The first-order valence-electron chi connectivity index (χ1n) is 4.45. The molecule has 0 atom stereocenters. The molecule has 1 heterocycles. The van der Waals surface area contributed by atoms with Crippen molar-refractivity contribution in [2.75, 3.05) is 5.73 Å². The summed E-state index contributed by atoms with van der Waals surface area (Å²) in [5, 5.41) is 0. The molecule has 2 N–H and O–H groups in total. The Morgan fingerprint density at radius 3 is 2.50 bits per heavy atom. The number of pyridine rings is 1. The van der Waals surface area contributed by atoms with Crippen LogP contribution < -0.4 is 5.73 Å². The van der Waals surface area contributed by atoms with Crippen LogP contribution in [0, 0.1) is 11.6 Å². The van der Waals surface area contributed by atoms with Gasteiger partial charge in [-0.15, -0.1) is 0 Å². The first kappa shape index (κ1) is 11.0. The van der Waals surface area contributed by atoms with Crippen molar-refractivity contribution in [1.29, 1.82) is 0 Å². The lowest BCUT2D eigenvalue weighted by Crippen LogP contribution is -1.97. The SMILES string of the molecule is Nc1ccc(F)c(-c2ccc(Br)nc2)c1F. The Balaban J connectivity index is 2.63. The van der Waals surface area contributed by atoms with Crippen LogP contribution >= 0.6 is 15.9 Å². The van der Waals surface area contributed by atoms with Gasteiger partial charge in [0.05, 0.1) is 11.3 Å². The number of hydrogen-bond acceptors (Lipinski definition) is 2. The van der Waals surface area contributed by atoms with E-state index in [9.17, 15) is 8.78 Å². The van der Waals surface area contributed by atoms with Crippen molar-refractivity contribution in [3.63, 3.8) is 0 Å². The third-order valence-corrected chi connectivity index (χ3v) is 2.61. The zero-order valence-corrected chi connectivity index (χ0v) is 9.63. The molecule has 1 aromatic carbocycles. The molecular weight excluding hydrogens is 278 g/mol. The van der Waals surface area contributed by atoms with E-state index >= 15 is 0 Å². The molecule has 2 aromatic rings. The lowest BCUT2D eigenvalue weighted by molar-refractivity contribution is 0.592. The van der Waals surface area contributed by atoms with Crippen molar-refractivity contribution in [2.45, 2.75) is 0 Å². The Kier molecular flexibility index (Phi) is 2.87. The van der Waals surface area contributed by atoms with E-state index in [4.69, 9.17) is 5.73 Å². The molecule has 82 valence electrons. The molecule has 0 saturated heterocycles. The maximum atomic E-state index is 13.6. The van der Waals surface area contributed by atoms with E-state index in [-0.39, 0.29) is 11.3 Å². The van der Waals surface area contributed by atoms with Gasteiger partial charge < -0.3 is 5.73 Å². The largest absolute Gasteiger partial charge is 0.396 e. The van der Waals surface area contributed by atoms with E-state index in [2.05, 4.69) is 20.9 Å². The molecule has 2 rings (SSSR count).